The second-order valence-corrected chi connectivity index (χ2v) is 6.53. The Balaban J connectivity index is 1.65. The van der Waals surface area contributed by atoms with E-state index < -0.39 is 4.92 Å². The van der Waals surface area contributed by atoms with E-state index in [1.54, 1.807) is 35.2 Å². The number of amides is 1. The largest absolute Gasteiger partial charge is 0.377 e. The van der Waals surface area contributed by atoms with Crippen molar-refractivity contribution in [1.82, 2.24) is 4.90 Å². The van der Waals surface area contributed by atoms with E-state index in [2.05, 4.69) is 0 Å². The number of nitro benzene ring substituents is 1. The van der Waals surface area contributed by atoms with Crippen molar-refractivity contribution in [2.75, 3.05) is 19.8 Å². The minimum atomic E-state index is -0.425. The van der Waals surface area contributed by atoms with Crippen molar-refractivity contribution in [3.8, 4) is 0 Å². The van der Waals surface area contributed by atoms with E-state index in [-0.39, 0.29) is 29.9 Å². The second-order valence-electron chi connectivity index (χ2n) is 6.53. The maximum atomic E-state index is 13.1. The number of nitrogens with zero attached hydrogens (tertiary/aromatic N) is 2. The smallest absolute Gasteiger partial charge is 0.272 e. The van der Waals surface area contributed by atoms with Gasteiger partial charge in [0.05, 0.1) is 24.2 Å². The number of benzene rings is 2. The lowest BCUT2D eigenvalue weighted by molar-refractivity contribution is -0.385. The Bertz CT molecular complexity index is 810. The molecule has 6 nitrogen and oxygen atoms in total. The minimum Gasteiger partial charge on any atom is -0.377 e. The third-order valence-electron chi connectivity index (χ3n) is 4.73. The highest BCUT2D eigenvalue weighted by molar-refractivity contribution is 5.77. The fraction of sp³-hybridized carbons (Fsp3) is 0.350. The zero-order valence-corrected chi connectivity index (χ0v) is 14.8. The maximum Gasteiger partial charge on any atom is 0.272 e. The first-order chi connectivity index (χ1) is 13.0. The molecular weight excluding hydrogens is 351 g/mol. The van der Waals surface area contributed by atoms with E-state index in [0.29, 0.717) is 38.2 Å². The van der Waals surface area contributed by atoms with Crippen LogP contribution in [0.5, 0.6) is 0 Å². The topological polar surface area (TPSA) is 72.7 Å². The van der Waals surface area contributed by atoms with Gasteiger partial charge in [0, 0.05) is 24.6 Å². The third kappa shape index (κ3) is 4.89. The van der Waals surface area contributed by atoms with Crippen molar-refractivity contribution in [1.29, 1.82) is 0 Å². The molecule has 0 N–H and O–H groups in total. The highest BCUT2D eigenvalue weighted by Gasteiger charge is 2.27. The molecule has 27 heavy (non-hydrogen) atoms. The molecule has 3 rings (SSSR count). The standard InChI is InChI=1S/C20H21FN2O4/c21-17-8-5-15(6-9-17)13-18-14-27-12-11-22(18)20(24)10-7-16-3-1-2-4-19(16)23(25)26/h1-6,8-9,18H,7,10-14H2/t18-/m0/s1. The van der Waals surface area contributed by atoms with Crippen LogP contribution in [0.25, 0.3) is 0 Å². The number of carbonyl (C=O) groups is 1. The Labute approximate surface area is 156 Å². The number of halogens is 1. The van der Waals surface area contributed by atoms with Crippen molar-refractivity contribution in [2.24, 2.45) is 0 Å². The van der Waals surface area contributed by atoms with Crippen LogP contribution in [0.15, 0.2) is 48.5 Å². The molecule has 1 saturated heterocycles. The second kappa shape index (κ2) is 8.73. The Morgan fingerprint density at radius 3 is 2.70 bits per heavy atom. The first-order valence-electron chi connectivity index (χ1n) is 8.88. The molecule has 0 aliphatic carbocycles. The van der Waals surface area contributed by atoms with Gasteiger partial charge in [-0.25, -0.2) is 4.39 Å². The molecule has 7 heteroatoms. The number of nitro groups is 1. The number of aryl methyl sites for hydroxylation is 1. The molecule has 1 aliphatic rings. The van der Waals surface area contributed by atoms with Gasteiger partial charge in [0.2, 0.25) is 5.91 Å². The Morgan fingerprint density at radius 1 is 1.22 bits per heavy atom. The first kappa shape index (κ1) is 19.0. The first-order valence-corrected chi connectivity index (χ1v) is 8.88. The van der Waals surface area contributed by atoms with Crippen LogP contribution >= 0.6 is 0 Å². The summed E-state index contributed by atoms with van der Waals surface area (Å²) in [6.45, 7) is 1.38. The number of hydrogen-bond acceptors (Lipinski definition) is 4. The van der Waals surface area contributed by atoms with Gasteiger partial charge in [0.15, 0.2) is 0 Å². The van der Waals surface area contributed by atoms with Gasteiger partial charge in [-0.15, -0.1) is 0 Å². The molecule has 1 atom stereocenters. The average molecular weight is 372 g/mol. The quantitative estimate of drug-likeness (QED) is 0.577. The predicted molar refractivity (Wildman–Crippen MR) is 97.8 cm³/mol. The van der Waals surface area contributed by atoms with E-state index in [0.717, 1.165) is 5.56 Å². The van der Waals surface area contributed by atoms with Crippen molar-refractivity contribution < 1.29 is 18.8 Å². The molecule has 0 radical (unpaired) electrons. The molecule has 0 bridgehead atoms. The van der Waals surface area contributed by atoms with Gasteiger partial charge >= 0.3 is 0 Å². The van der Waals surface area contributed by atoms with Gasteiger partial charge in [-0.2, -0.15) is 0 Å². The van der Waals surface area contributed by atoms with Crippen LogP contribution in [0.4, 0.5) is 10.1 Å². The van der Waals surface area contributed by atoms with Crippen LogP contribution in [0.2, 0.25) is 0 Å². The van der Waals surface area contributed by atoms with E-state index in [1.807, 2.05) is 0 Å². The summed E-state index contributed by atoms with van der Waals surface area (Å²) in [4.78, 5) is 25.2. The zero-order valence-electron chi connectivity index (χ0n) is 14.8. The van der Waals surface area contributed by atoms with E-state index in [9.17, 15) is 19.3 Å². The lowest BCUT2D eigenvalue weighted by Gasteiger charge is -2.36. The Morgan fingerprint density at radius 2 is 1.96 bits per heavy atom. The SMILES string of the molecule is O=C(CCc1ccccc1[N+](=O)[O-])N1CCOC[C@@H]1Cc1ccc(F)cc1. The molecule has 0 unspecified atom stereocenters. The summed E-state index contributed by atoms with van der Waals surface area (Å²) in [5.41, 5.74) is 1.53. The number of rotatable bonds is 6. The van der Waals surface area contributed by atoms with Gasteiger partial charge < -0.3 is 9.64 Å². The lowest BCUT2D eigenvalue weighted by Crippen LogP contribution is -2.49. The molecule has 1 fully saturated rings. The number of para-hydroxylation sites is 1. The third-order valence-corrected chi connectivity index (χ3v) is 4.73. The summed E-state index contributed by atoms with van der Waals surface area (Å²) in [6.07, 6.45) is 1.10. The average Bonchev–Trinajstić information content (AvgIpc) is 2.68. The minimum absolute atomic E-state index is 0.0372. The predicted octanol–water partition coefficient (Wildman–Crippen LogP) is 3.14. The maximum absolute atomic E-state index is 13.1. The molecular formula is C20H21FN2O4. The fourth-order valence-electron chi connectivity index (χ4n) is 3.33. The molecule has 0 aromatic heterocycles. The van der Waals surface area contributed by atoms with Gasteiger partial charge in [0.1, 0.15) is 5.82 Å². The summed E-state index contributed by atoms with van der Waals surface area (Å²) in [7, 11) is 0. The number of ether oxygens (including phenoxy) is 1. The summed E-state index contributed by atoms with van der Waals surface area (Å²) >= 11 is 0. The molecule has 1 aliphatic heterocycles. The number of hydrogen-bond donors (Lipinski definition) is 0. The summed E-state index contributed by atoms with van der Waals surface area (Å²) in [5.74, 6) is -0.348. The van der Waals surface area contributed by atoms with Crippen molar-refractivity contribution >= 4 is 11.6 Å². The van der Waals surface area contributed by atoms with Crippen molar-refractivity contribution in [3.05, 3.63) is 75.6 Å². The zero-order chi connectivity index (χ0) is 19.2. The van der Waals surface area contributed by atoms with Gasteiger partial charge in [-0.05, 0) is 30.5 Å². The highest BCUT2D eigenvalue weighted by Crippen LogP contribution is 2.21. The Kier molecular flexibility index (Phi) is 6.13. The monoisotopic (exact) mass is 372 g/mol. The molecule has 0 spiro atoms. The molecule has 1 heterocycles. The van der Waals surface area contributed by atoms with Crippen LogP contribution in [0.3, 0.4) is 0 Å². The van der Waals surface area contributed by atoms with Crippen LogP contribution < -0.4 is 0 Å². The van der Waals surface area contributed by atoms with E-state index >= 15 is 0 Å². The summed E-state index contributed by atoms with van der Waals surface area (Å²) in [6, 6.07) is 12.6. The Hall–Kier alpha value is -2.80. The fourth-order valence-corrected chi connectivity index (χ4v) is 3.33. The summed E-state index contributed by atoms with van der Waals surface area (Å²) < 4.78 is 18.6. The number of morpholine rings is 1. The van der Waals surface area contributed by atoms with Gasteiger partial charge in [-0.3, -0.25) is 14.9 Å². The highest BCUT2D eigenvalue weighted by atomic mass is 19.1. The van der Waals surface area contributed by atoms with Crippen LogP contribution in [-0.2, 0) is 22.4 Å². The van der Waals surface area contributed by atoms with Crippen LogP contribution in [-0.4, -0.2) is 41.5 Å². The number of carbonyl (C=O) groups excluding carboxylic acids is 1. The molecule has 1 amide bonds. The van der Waals surface area contributed by atoms with E-state index in [1.165, 1.54) is 18.2 Å². The van der Waals surface area contributed by atoms with Crippen molar-refractivity contribution in [3.63, 3.8) is 0 Å². The van der Waals surface area contributed by atoms with E-state index in [4.69, 9.17) is 4.74 Å². The van der Waals surface area contributed by atoms with Crippen LogP contribution in [0.1, 0.15) is 17.5 Å². The van der Waals surface area contributed by atoms with Gasteiger partial charge in [-0.1, -0.05) is 30.3 Å². The van der Waals surface area contributed by atoms with Gasteiger partial charge in [0.25, 0.3) is 5.69 Å². The van der Waals surface area contributed by atoms with Crippen molar-refractivity contribution in [2.45, 2.75) is 25.3 Å². The molecule has 0 saturated carbocycles. The van der Waals surface area contributed by atoms with Crippen LogP contribution in [0, 0.1) is 15.9 Å². The summed E-state index contributed by atoms with van der Waals surface area (Å²) in [5, 5.41) is 11.1. The lowest BCUT2D eigenvalue weighted by atomic mass is 10.0. The normalized spacial score (nSPS) is 16.9. The molecule has 142 valence electrons. The molecule has 2 aromatic rings. The molecule has 2 aromatic carbocycles.